The molecule has 18 heavy (non-hydrogen) atoms. The van der Waals surface area contributed by atoms with Crippen molar-refractivity contribution in [1.29, 1.82) is 0 Å². The average Bonchev–Trinajstić information content (AvgIpc) is 2.39. The molecule has 0 aliphatic heterocycles. The van der Waals surface area contributed by atoms with Gasteiger partial charge in [0.2, 0.25) is 5.91 Å². The molecule has 1 fully saturated rings. The number of aromatic nitrogens is 1. The van der Waals surface area contributed by atoms with Crippen LogP contribution in [0.25, 0.3) is 0 Å². The molecule has 1 saturated carbocycles. The van der Waals surface area contributed by atoms with Crippen molar-refractivity contribution in [3.63, 3.8) is 0 Å². The van der Waals surface area contributed by atoms with Gasteiger partial charge in [-0.3, -0.25) is 9.78 Å². The van der Waals surface area contributed by atoms with Gasteiger partial charge in [-0.05, 0) is 43.9 Å². The quantitative estimate of drug-likeness (QED) is 0.855. The second-order valence-corrected chi connectivity index (χ2v) is 5.13. The van der Waals surface area contributed by atoms with Gasteiger partial charge in [0.25, 0.3) is 0 Å². The Labute approximate surface area is 108 Å². The zero-order valence-corrected chi connectivity index (χ0v) is 10.8. The Balaban J connectivity index is 1.91. The Morgan fingerprint density at radius 3 is 2.83 bits per heavy atom. The van der Waals surface area contributed by atoms with Crippen molar-refractivity contribution in [3.05, 3.63) is 30.1 Å². The van der Waals surface area contributed by atoms with Crippen LogP contribution in [-0.2, 0) is 4.79 Å². The molecule has 1 aliphatic rings. The van der Waals surface area contributed by atoms with Crippen LogP contribution in [0.3, 0.4) is 0 Å². The number of hydrogen-bond acceptors (Lipinski definition) is 3. The molecule has 2 rings (SSSR count). The van der Waals surface area contributed by atoms with E-state index in [1.807, 2.05) is 19.1 Å². The van der Waals surface area contributed by atoms with Crippen molar-refractivity contribution in [1.82, 2.24) is 10.3 Å². The van der Waals surface area contributed by atoms with E-state index in [0.717, 1.165) is 31.2 Å². The molecule has 0 aromatic carbocycles. The van der Waals surface area contributed by atoms with Gasteiger partial charge in [0, 0.05) is 24.4 Å². The smallest absolute Gasteiger partial charge is 0.223 e. The highest BCUT2D eigenvalue weighted by atomic mass is 16.1. The first-order chi connectivity index (χ1) is 8.66. The molecule has 4 heteroatoms. The third-order valence-electron chi connectivity index (χ3n) is 3.65. The molecule has 0 spiro atoms. The van der Waals surface area contributed by atoms with Crippen molar-refractivity contribution < 1.29 is 4.79 Å². The van der Waals surface area contributed by atoms with Gasteiger partial charge in [0.15, 0.2) is 0 Å². The highest BCUT2D eigenvalue weighted by molar-refractivity contribution is 5.79. The van der Waals surface area contributed by atoms with Crippen molar-refractivity contribution in [2.75, 3.05) is 0 Å². The number of nitrogens with two attached hydrogens (primary N) is 1. The van der Waals surface area contributed by atoms with Gasteiger partial charge in [0.05, 0.1) is 6.04 Å². The van der Waals surface area contributed by atoms with Gasteiger partial charge >= 0.3 is 0 Å². The lowest BCUT2D eigenvalue weighted by atomic mass is 9.85. The van der Waals surface area contributed by atoms with Gasteiger partial charge < -0.3 is 11.1 Å². The first-order valence-electron chi connectivity index (χ1n) is 6.62. The molecule has 0 radical (unpaired) electrons. The van der Waals surface area contributed by atoms with E-state index in [-0.39, 0.29) is 23.9 Å². The monoisotopic (exact) mass is 247 g/mol. The van der Waals surface area contributed by atoms with E-state index in [1.165, 1.54) is 0 Å². The van der Waals surface area contributed by atoms with Crippen LogP contribution in [0, 0.1) is 5.92 Å². The molecule has 0 bridgehead atoms. The molecule has 3 atom stereocenters. The van der Waals surface area contributed by atoms with Gasteiger partial charge in [-0.2, -0.15) is 0 Å². The fraction of sp³-hybridized carbons (Fsp3) is 0.571. The van der Waals surface area contributed by atoms with Crippen LogP contribution in [0.4, 0.5) is 0 Å². The second-order valence-electron chi connectivity index (χ2n) is 5.13. The highest BCUT2D eigenvalue weighted by Gasteiger charge is 2.26. The SMILES string of the molecule is CC(NC(=O)C1CCCC(N)C1)c1ccncc1. The molecule has 1 amide bonds. The van der Waals surface area contributed by atoms with E-state index < -0.39 is 0 Å². The van der Waals surface area contributed by atoms with Crippen molar-refractivity contribution in [3.8, 4) is 0 Å². The van der Waals surface area contributed by atoms with E-state index in [9.17, 15) is 4.79 Å². The number of carbonyl (C=O) groups is 1. The van der Waals surface area contributed by atoms with Crippen LogP contribution in [0.15, 0.2) is 24.5 Å². The van der Waals surface area contributed by atoms with Crippen LogP contribution in [0.2, 0.25) is 0 Å². The van der Waals surface area contributed by atoms with Gasteiger partial charge in [-0.25, -0.2) is 0 Å². The second kappa shape index (κ2) is 5.96. The molecule has 4 nitrogen and oxygen atoms in total. The Morgan fingerprint density at radius 1 is 1.44 bits per heavy atom. The van der Waals surface area contributed by atoms with Crippen molar-refractivity contribution >= 4 is 5.91 Å². The maximum atomic E-state index is 12.1. The summed E-state index contributed by atoms with van der Waals surface area (Å²) in [6.07, 6.45) is 7.37. The summed E-state index contributed by atoms with van der Waals surface area (Å²) in [6, 6.07) is 4.07. The molecule has 1 aromatic rings. The Bertz CT molecular complexity index is 393. The summed E-state index contributed by atoms with van der Waals surface area (Å²) in [5.74, 6) is 0.215. The minimum Gasteiger partial charge on any atom is -0.349 e. The minimum absolute atomic E-state index is 0.0265. The van der Waals surface area contributed by atoms with Crippen LogP contribution >= 0.6 is 0 Å². The summed E-state index contributed by atoms with van der Waals surface area (Å²) in [6.45, 7) is 2.00. The minimum atomic E-state index is 0.0265. The average molecular weight is 247 g/mol. The molecule has 0 saturated heterocycles. The predicted octanol–water partition coefficient (Wildman–Crippen LogP) is 1.78. The standard InChI is InChI=1S/C14H21N3O/c1-10(11-5-7-16-8-6-11)17-14(18)12-3-2-4-13(15)9-12/h5-8,10,12-13H,2-4,9,15H2,1H3,(H,17,18). The van der Waals surface area contributed by atoms with Crippen LogP contribution in [-0.4, -0.2) is 16.9 Å². The van der Waals surface area contributed by atoms with E-state index in [1.54, 1.807) is 12.4 Å². The maximum absolute atomic E-state index is 12.1. The van der Waals surface area contributed by atoms with Crippen LogP contribution in [0.1, 0.15) is 44.2 Å². The van der Waals surface area contributed by atoms with Gasteiger partial charge in [-0.1, -0.05) is 6.42 Å². The Kier molecular flexibility index (Phi) is 4.31. The maximum Gasteiger partial charge on any atom is 0.223 e. The highest BCUT2D eigenvalue weighted by Crippen LogP contribution is 2.24. The molecule has 1 aromatic heterocycles. The predicted molar refractivity (Wildman–Crippen MR) is 70.7 cm³/mol. The largest absolute Gasteiger partial charge is 0.349 e. The first-order valence-corrected chi connectivity index (χ1v) is 6.62. The lowest BCUT2D eigenvalue weighted by Crippen LogP contribution is -2.38. The molecule has 1 aliphatic carbocycles. The molecule has 3 unspecified atom stereocenters. The third-order valence-corrected chi connectivity index (χ3v) is 3.65. The fourth-order valence-electron chi connectivity index (χ4n) is 2.53. The number of hydrogen-bond donors (Lipinski definition) is 2. The number of nitrogens with one attached hydrogen (secondary N) is 1. The molecule has 3 N–H and O–H groups in total. The number of carbonyl (C=O) groups excluding carboxylic acids is 1. The zero-order chi connectivity index (χ0) is 13.0. The van der Waals surface area contributed by atoms with E-state index in [2.05, 4.69) is 10.3 Å². The van der Waals surface area contributed by atoms with E-state index in [0.29, 0.717) is 0 Å². The molecule has 98 valence electrons. The molecule has 1 heterocycles. The first kappa shape index (κ1) is 13.0. The summed E-state index contributed by atoms with van der Waals surface area (Å²) in [5, 5.41) is 3.06. The van der Waals surface area contributed by atoms with Gasteiger partial charge in [-0.15, -0.1) is 0 Å². The number of nitrogens with zero attached hydrogens (tertiary/aromatic N) is 1. The van der Waals surface area contributed by atoms with E-state index in [4.69, 9.17) is 5.73 Å². The number of pyridine rings is 1. The molecular formula is C14H21N3O. The summed E-state index contributed by atoms with van der Waals surface area (Å²) in [7, 11) is 0. The molecular weight excluding hydrogens is 226 g/mol. The zero-order valence-electron chi connectivity index (χ0n) is 10.8. The lowest BCUT2D eigenvalue weighted by Gasteiger charge is -2.27. The lowest BCUT2D eigenvalue weighted by molar-refractivity contribution is -0.126. The normalized spacial score (nSPS) is 25.4. The number of rotatable bonds is 3. The van der Waals surface area contributed by atoms with E-state index >= 15 is 0 Å². The third kappa shape index (κ3) is 3.29. The summed E-state index contributed by atoms with van der Waals surface area (Å²) >= 11 is 0. The van der Waals surface area contributed by atoms with Crippen molar-refractivity contribution in [2.24, 2.45) is 11.7 Å². The Morgan fingerprint density at radius 2 is 2.17 bits per heavy atom. The van der Waals surface area contributed by atoms with Gasteiger partial charge in [0.1, 0.15) is 0 Å². The summed E-state index contributed by atoms with van der Waals surface area (Å²) in [5.41, 5.74) is 7.00. The Hall–Kier alpha value is -1.42. The van der Waals surface area contributed by atoms with Crippen LogP contribution < -0.4 is 11.1 Å². The van der Waals surface area contributed by atoms with Crippen molar-refractivity contribution in [2.45, 2.75) is 44.7 Å². The van der Waals surface area contributed by atoms with Crippen LogP contribution in [0.5, 0.6) is 0 Å². The summed E-state index contributed by atoms with van der Waals surface area (Å²) < 4.78 is 0. The summed E-state index contributed by atoms with van der Waals surface area (Å²) in [4.78, 5) is 16.1. The fourth-order valence-corrected chi connectivity index (χ4v) is 2.53. The topological polar surface area (TPSA) is 68.0 Å². The number of amides is 1.